The summed E-state index contributed by atoms with van der Waals surface area (Å²) in [5, 5.41) is 1.50. The highest BCUT2D eigenvalue weighted by atomic mass is 32.7. The van der Waals surface area contributed by atoms with Crippen LogP contribution in [-0.2, 0) is 132 Å². The van der Waals surface area contributed by atoms with Gasteiger partial charge >= 0.3 is 40.4 Å². The molecule has 726 valence electrons. The lowest BCUT2D eigenvalue weighted by atomic mass is 10.1. The molecule has 12 aromatic rings. The maximum atomic E-state index is 16.0. The Kier molecular flexibility index (Phi) is 26.8. The molecule has 0 spiro atoms. The van der Waals surface area contributed by atoms with Gasteiger partial charge in [-0.2, -0.15) is 19.6 Å². The van der Waals surface area contributed by atoms with Gasteiger partial charge in [0.2, 0.25) is 17.8 Å². The Morgan fingerprint density at radius 1 is 0.378 bits per heavy atom. The lowest BCUT2D eigenvalue weighted by Gasteiger charge is -2.27. The van der Waals surface area contributed by atoms with Crippen molar-refractivity contribution in [3.05, 3.63) is 99.5 Å². The first-order valence-electron chi connectivity index (χ1n) is 38.9. The van der Waals surface area contributed by atoms with Crippen LogP contribution in [0.4, 0.5) is 61.2 Å². The molecule has 0 radical (unpaired) electrons. The van der Waals surface area contributed by atoms with E-state index in [4.69, 9.17) is 162 Å². The first kappa shape index (κ1) is 97.1. The molecule has 9 aliphatic rings. The summed E-state index contributed by atoms with van der Waals surface area (Å²) < 4.78 is 201. The van der Waals surface area contributed by atoms with Gasteiger partial charge in [0.05, 0.1) is 104 Å². The molecule has 52 nitrogen and oxygen atoms in total. The summed E-state index contributed by atoms with van der Waals surface area (Å²) in [5.41, 5.74) is 35.1. The fraction of sp³-hybridized carbons (Fsp3) is 0.484. The number of thioether (sulfide) groups is 3. The van der Waals surface area contributed by atoms with Gasteiger partial charge in [-0.05, 0) is 77.2 Å². The van der Waals surface area contributed by atoms with E-state index < -0.39 is 239 Å². The molecule has 0 saturated carbocycles. The summed E-state index contributed by atoms with van der Waals surface area (Å²) in [4.78, 5) is 144. The number of nitrogen functional groups attached to an aromatic ring is 6. The van der Waals surface area contributed by atoms with Gasteiger partial charge in [0.1, 0.15) is 101 Å². The number of aromatic amines is 3. The van der Waals surface area contributed by atoms with Crippen LogP contribution in [0.2, 0.25) is 0 Å². The van der Waals surface area contributed by atoms with Gasteiger partial charge in [-0.25, -0.2) is 70.8 Å². The molecule has 0 amide bonds. The SMILES string of the molecule is Nc1nc2c(ncn2[C@@H]2S[C@@H]3COP(=O)(S)O[C@H]4[C@H](F)[C@H](n5cnc6c(N)ccnc65)O[C@@H]4COP(O)(=S)O[C@@H]2[C@@H]3F)c(=O)[nH]1.Nc1nc2c(ncn2[C@@H]2S[C@@H]3COP(O)(=S)O[C@H]4[C@H](F)[C@H](n5cnc6c(N)ccnc65)O[C@@H]4COP(O)(=S)O[C@@H]2[C@@H]3F)c(=O)[nH]1.Nc1nc2c(ncn2[C@@H]2S[C@@H]3COP(O)(=S)O[C@H]4[C@H](F)[C@H](n5nnc6c(N)ccnc65)O[C@@H]4COP(O)(=S)O[C@@H]2[C@@H]3F)c(=O)[nH]1. The van der Waals surface area contributed by atoms with E-state index in [0.717, 1.165) is 40.0 Å². The van der Waals surface area contributed by atoms with E-state index in [1.54, 1.807) is 0 Å². The first-order valence-corrected chi connectivity index (χ1v) is 57.4. The summed E-state index contributed by atoms with van der Waals surface area (Å²) in [6.45, 7) is -29.2. The number of nitrogens with two attached hydrogens (primary N) is 6. The van der Waals surface area contributed by atoms with Gasteiger partial charge in [-0.3, -0.25) is 83.8 Å². The second kappa shape index (κ2) is 37.3. The van der Waals surface area contributed by atoms with Gasteiger partial charge in [0.25, 0.3) is 16.7 Å². The van der Waals surface area contributed by atoms with Crippen LogP contribution in [-0.4, -0.2) is 279 Å². The van der Waals surface area contributed by atoms with Crippen molar-refractivity contribution in [3.8, 4) is 0 Å². The number of H-pyrrole nitrogens is 3. The number of nitrogens with one attached hydrogen (secondary N) is 3. The van der Waals surface area contributed by atoms with Crippen molar-refractivity contribution < 1.29 is 124 Å². The number of thiol groups is 1. The van der Waals surface area contributed by atoms with Crippen LogP contribution in [0.15, 0.2) is 82.8 Å². The molecule has 135 heavy (non-hydrogen) atoms. The molecule has 9 fully saturated rings. The number of hydrogen-bond acceptors (Lipinski definition) is 46. The van der Waals surface area contributed by atoms with Crippen LogP contribution in [0.1, 0.15) is 34.8 Å². The van der Waals surface area contributed by atoms with Crippen molar-refractivity contribution in [1.29, 1.82) is 0 Å². The highest BCUT2D eigenvalue weighted by Gasteiger charge is 2.59. The minimum atomic E-state index is -4.38. The summed E-state index contributed by atoms with van der Waals surface area (Å²) >= 11 is 32.8. The van der Waals surface area contributed by atoms with Gasteiger partial charge in [0, 0.05) is 18.6 Å². The maximum Gasteiger partial charge on any atom is 0.386 e. The van der Waals surface area contributed by atoms with Gasteiger partial charge < -0.3 is 95.7 Å². The van der Waals surface area contributed by atoms with Crippen LogP contribution < -0.4 is 51.1 Å². The lowest BCUT2D eigenvalue weighted by molar-refractivity contribution is -0.0493. The molecule has 6 bridgehead atoms. The molecule has 21 heterocycles. The zero-order valence-electron chi connectivity index (χ0n) is 67.1. The maximum absolute atomic E-state index is 16.0. The Morgan fingerprint density at radius 2 is 0.674 bits per heavy atom. The summed E-state index contributed by atoms with van der Waals surface area (Å²) in [6.07, 6.45) is -18.9. The largest absolute Gasteiger partial charge is 0.397 e. The predicted molar refractivity (Wildman–Crippen MR) is 488 cm³/mol. The molecular weight excluding hydrogens is 2110 g/mol. The Labute approximate surface area is 791 Å². The normalized spacial score (nSPS) is 37.7. The highest BCUT2D eigenvalue weighted by Crippen LogP contribution is 2.64. The van der Waals surface area contributed by atoms with Crippen LogP contribution >= 0.6 is 87.9 Å². The molecule has 73 heteroatoms. The van der Waals surface area contributed by atoms with Crippen LogP contribution in [0.25, 0.3) is 67.0 Å². The smallest absolute Gasteiger partial charge is 0.386 e. The molecule has 0 aliphatic carbocycles. The molecule has 6 unspecified atom stereocenters. The van der Waals surface area contributed by atoms with E-state index in [1.807, 2.05) is 0 Å². The number of rotatable bonds is 6. The third-order valence-corrected chi connectivity index (χ3v) is 35.8. The number of ether oxygens (including phenoxy) is 3. The summed E-state index contributed by atoms with van der Waals surface area (Å²) in [6, 6.07) is 4.54. The Bertz CT molecular complexity index is 6510. The van der Waals surface area contributed by atoms with Crippen molar-refractivity contribution in [3.63, 3.8) is 0 Å². The number of anilines is 6. The Balaban J connectivity index is 0.000000130. The highest BCUT2D eigenvalue weighted by molar-refractivity contribution is 8.44. The van der Waals surface area contributed by atoms with Crippen molar-refractivity contribution in [2.24, 2.45) is 0 Å². The second-order valence-electron chi connectivity index (χ2n) is 30.4. The Morgan fingerprint density at radius 3 is 1.04 bits per heavy atom. The fourth-order valence-corrected chi connectivity index (χ4v) is 29.4. The number of nitrogens with zero attached hydrogens (tertiary/aromatic N) is 19. The first-order chi connectivity index (χ1) is 63.9. The molecule has 9 aliphatic heterocycles. The molecule has 12 aromatic heterocycles. The van der Waals surface area contributed by atoms with E-state index in [9.17, 15) is 43.4 Å². The number of alkyl halides is 6. The summed E-state index contributed by atoms with van der Waals surface area (Å²) in [5.74, 6) is -0.632. The zero-order valence-corrected chi connectivity index (χ0v) is 79.9. The van der Waals surface area contributed by atoms with Crippen molar-refractivity contribution in [1.82, 2.24) is 108 Å². The van der Waals surface area contributed by atoms with Crippen molar-refractivity contribution in [2.75, 3.05) is 74.0 Å². The van der Waals surface area contributed by atoms with Gasteiger partial charge in [0.15, 0.2) is 93.1 Å². The predicted octanol–water partition coefficient (Wildman–Crippen LogP) is 3.72. The third-order valence-electron chi connectivity index (χ3n) is 21.9. The molecule has 9 saturated heterocycles. The van der Waals surface area contributed by atoms with E-state index in [0.29, 0.717) is 22.4 Å². The number of aromatic nitrogens is 22. The molecule has 30 atom stereocenters. The number of imidazole rings is 5. The zero-order chi connectivity index (χ0) is 95.5. The second-order valence-corrected chi connectivity index (χ2v) is 51.4. The number of hydrogen-bond donors (Lipinski definition) is 15. The minimum Gasteiger partial charge on any atom is -0.397 e. The molecule has 0 aromatic carbocycles. The van der Waals surface area contributed by atoms with Crippen molar-refractivity contribution in [2.45, 2.75) is 143 Å². The molecule has 20 N–H and O–H groups in total. The van der Waals surface area contributed by atoms with E-state index in [1.165, 1.54) is 91.3 Å². The summed E-state index contributed by atoms with van der Waals surface area (Å²) in [7, 11) is 0. The fourth-order valence-electron chi connectivity index (χ4n) is 15.8. The number of fused-ring (bicyclic) bond motifs is 15. The third kappa shape index (κ3) is 19.1. The number of pyridine rings is 3. The number of halogens is 6. The molecule has 21 rings (SSSR count). The monoisotopic (exact) mass is 2180 g/mol. The van der Waals surface area contributed by atoms with Gasteiger partial charge in [-0.15, -0.1) is 40.4 Å². The lowest BCUT2D eigenvalue weighted by Crippen LogP contribution is -2.34. The average Bonchev–Trinajstić information content (AvgIpc) is 1.63. The topological polar surface area (TPSA) is 709 Å². The van der Waals surface area contributed by atoms with Crippen LogP contribution in [0.5, 0.6) is 0 Å². The van der Waals surface area contributed by atoms with E-state index >= 15 is 26.3 Å². The van der Waals surface area contributed by atoms with E-state index in [-0.39, 0.29) is 79.5 Å². The van der Waals surface area contributed by atoms with Crippen molar-refractivity contribution >= 4 is 249 Å². The van der Waals surface area contributed by atoms with E-state index in [2.05, 4.69) is 92.3 Å². The van der Waals surface area contributed by atoms with Crippen LogP contribution in [0, 0.1) is 0 Å². The average molecular weight is 2180 g/mol. The molecular formula is C62H68F6N28O24P6S9. The quantitative estimate of drug-likeness (QED) is 0.0641. The Hall–Kier alpha value is -6.70. The minimum absolute atomic E-state index is 0.0121. The van der Waals surface area contributed by atoms with Gasteiger partial charge in [-0.1, -0.05) is 17.5 Å². The van der Waals surface area contributed by atoms with Crippen LogP contribution in [0.3, 0.4) is 0 Å². The standard InChI is InChI=1S/2C21H23F2N9O8P2S3.C20H22F2N10O8P2S3/c2*22-10-9-4-37-42(35,44)39-14-8(38-19(11(14)23)31-5-27-12-7(24)1-2-26-16(12)31)3-36-41(34,43)40-15(10)20(45-9)32-6-28-13-17(32)29-21(25)30-18(13)33;21-9-8-4-37-42(35,44)39-13-7(38-18(10(13)22)32-15-11(29-30-32)6(23)1-2-25-15)3-36-41(34,43)40-14(9)19(45-8)31-5-26-12-16(31)27-20(24)28-17(12)33/h2*1-2,5-6,8-11,14-15,19-20H,3-4H2,(H2,24,26)(H,34,43)(H,35,44)(H3,25,29,30,33);1-2,5,7-10,13-14,18-19H,3-4H2,(H2,23,25)(H,34,43)(H,35,44)(H3,24,27,28,33)/t2*8-,9-,10-,11+,14-,15-,19-,20-,41?,42?;7-,8-,9-,10+,13-,14-,18-,19-,41?,42?/m111/s1.